The van der Waals surface area contributed by atoms with Crippen molar-refractivity contribution in [1.29, 1.82) is 0 Å². The van der Waals surface area contributed by atoms with Crippen LogP contribution in [0.2, 0.25) is 0 Å². The van der Waals surface area contributed by atoms with Crippen LogP contribution in [0, 0.1) is 19.8 Å². The van der Waals surface area contributed by atoms with E-state index in [4.69, 9.17) is 0 Å². The van der Waals surface area contributed by atoms with Crippen molar-refractivity contribution in [2.45, 2.75) is 33.1 Å². The Labute approximate surface area is 142 Å². The lowest BCUT2D eigenvalue weighted by atomic mass is 9.84. The van der Waals surface area contributed by atoms with Gasteiger partial charge in [-0.05, 0) is 48.9 Å². The number of hydrogen-bond donors (Lipinski definition) is 1. The number of amides is 1. The normalized spacial score (nSPS) is 13.1. The molecule has 0 aliphatic rings. The van der Waals surface area contributed by atoms with Crippen molar-refractivity contribution in [3.63, 3.8) is 0 Å². The van der Waals surface area contributed by atoms with Gasteiger partial charge in [-0.1, -0.05) is 49.4 Å². The SMILES string of the molecule is Cc1ccc(C)c(NC(=O)[C@@H](CC(=O)[O-])[C@H](C)c2ccccc2)c1. The summed E-state index contributed by atoms with van der Waals surface area (Å²) < 4.78 is 0. The van der Waals surface area contributed by atoms with Crippen LogP contribution in [0.5, 0.6) is 0 Å². The largest absolute Gasteiger partial charge is 0.550 e. The van der Waals surface area contributed by atoms with E-state index in [0.29, 0.717) is 5.69 Å². The molecule has 0 bridgehead atoms. The standard InChI is InChI=1S/C20H23NO3/c1-13-9-10-14(2)18(11-13)21-20(24)17(12-19(22)23)15(3)16-7-5-4-6-8-16/h4-11,15,17H,12H2,1-3H3,(H,21,24)(H,22,23)/p-1/t15-,17+/m1/s1. The van der Waals surface area contributed by atoms with E-state index in [2.05, 4.69) is 5.32 Å². The lowest BCUT2D eigenvalue weighted by Gasteiger charge is -2.24. The number of nitrogens with one attached hydrogen (secondary N) is 1. The molecule has 0 fully saturated rings. The molecule has 0 heterocycles. The van der Waals surface area contributed by atoms with Gasteiger partial charge >= 0.3 is 0 Å². The summed E-state index contributed by atoms with van der Waals surface area (Å²) in [5.41, 5.74) is 3.61. The van der Waals surface area contributed by atoms with Gasteiger partial charge in [0.15, 0.2) is 0 Å². The quantitative estimate of drug-likeness (QED) is 0.888. The molecule has 0 aliphatic carbocycles. The Balaban J connectivity index is 2.25. The Morgan fingerprint density at radius 3 is 2.38 bits per heavy atom. The molecule has 126 valence electrons. The molecule has 0 aliphatic heterocycles. The van der Waals surface area contributed by atoms with Crippen LogP contribution in [0.4, 0.5) is 5.69 Å². The summed E-state index contributed by atoms with van der Waals surface area (Å²) in [5.74, 6) is -2.45. The van der Waals surface area contributed by atoms with Crippen LogP contribution in [0.1, 0.15) is 36.0 Å². The van der Waals surface area contributed by atoms with Crippen molar-refractivity contribution in [2.75, 3.05) is 5.32 Å². The highest BCUT2D eigenvalue weighted by molar-refractivity contribution is 5.95. The zero-order valence-corrected chi connectivity index (χ0v) is 14.2. The molecule has 0 unspecified atom stereocenters. The van der Waals surface area contributed by atoms with E-state index in [1.165, 1.54) is 0 Å². The molecule has 2 atom stereocenters. The van der Waals surface area contributed by atoms with Gasteiger partial charge in [0.2, 0.25) is 5.91 Å². The summed E-state index contributed by atoms with van der Waals surface area (Å²) in [6.45, 7) is 5.72. The zero-order valence-electron chi connectivity index (χ0n) is 14.2. The van der Waals surface area contributed by atoms with Crippen LogP contribution >= 0.6 is 0 Å². The summed E-state index contributed by atoms with van der Waals surface area (Å²) in [6, 6.07) is 15.2. The number of carbonyl (C=O) groups excluding carboxylic acids is 2. The molecule has 0 spiro atoms. The molecule has 0 aromatic heterocycles. The minimum absolute atomic E-state index is 0.228. The summed E-state index contributed by atoms with van der Waals surface area (Å²) in [4.78, 5) is 23.9. The predicted molar refractivity (Wildman–Crippen MR) is 92.5 cm³/mol. The molecule has 24 heavy (non-hydrogen) atoms. The Bertz CT molecular complexity index is 725. The molecule has 0 saturated heterocycles. The van der Waals surface area contributed by atoms with Crippen LogP contribution < -0.4 is 10.4 Å². The molecule has 4 nitrogen and oxygen atoms in total. The minimum atomic E-state index is -1.22. The molecular weight excluding hydrogens is 302 g/mol. The van der Waals surface area contributed by atoms with Gasteiger partial charge in [-0.25, -0.2) is 0 Å². The Morgan fingerprint density at radius 2 is 1.75 bits per heavy atom. The highest BCUT2D eigenvalue weighted by Gasteiger charge is 2.26. The number of hydrogen-bond acceptors (Lipinski definition) is 3. The topological polar surface area (TPSA) is 69.2 Å². The van der Waals surface area contributed by atoms with Gasteiger partial charge in [-0.3, -0.25) is 4.79 Å². The number of anilines is 1. The van der Waals surface area contributed by atoms with E-state index in [-0.39, 0.29) is 18.2 Å². The zero-order chi connectivity index (χ0) is 17.7. The van der Waals surface area contributed by atoms with E-state index < -0.39 is 11.9 Å². The van der Waals surface area contributed by atoms with Gasteiger partial charge in [0.05, 0.1) is 5.92 Å². The second-order valence-electron chi connectivity index (χ2n) is 6.19. The lowest BCUT2D eigenvalue weighted by Crippen LogP contribution is -2.34. The third-order valence-electron chi connectivity index (χ3n) is 4.30. The monoisotopic (exact) mass is 324 g/mol. The molecule has 0 radical (unpaired) electrons. The first-order valence-electron chi connectivity index (χ1n) is 8.01. The Kier molecular flexibility index (Phi) is 5.74. The van der Waals surface area contributed by atoms with Crippen LogP contribution in [-0.4, -0.2) is 11.9 Å². The molecular formula is C20H22NO3-. The van der Waals surface area contributed by atoms with E-state index in [1.807, 2.05) is 69.3 Å². The first kappa shape index (κ1) is 17.7. The first-order valence-corrected chi connectivity index (χ1v) is 8.01. The van der Waals surface area contributed by atoms with Crippen molar-refractivity contribution in [1.82, 2.24) is 0 Å². The number of rotatable bonds is 6. The molecule has 4 heteroatoms. The van der Waals surface area contributed by atoms with Crippen molar-refractivity contribution in [3.05, 3.63) is 65.2 Å². The second-order valence-corrected chi connectivity index (χ2v) is 6.19. The summed E-state index contributed by atoms with van der Waals surface area (Å²) >= 11 is 0. The number of aliphatic carboxylic acids is 1. The van der Waals surface area contributed by atoms with Gasteiger partial charge in [0.25, 0.3) is 0 Å². The number of benzene rings is 2. The number of carbonyl (C=O) groups is 2. The van der Waals surface area contributed by atoms with E-state index >= 15 is 0 Å². The summed E-state index contributed by atoms with van der Waals surface area (Å²) in [7, 11) is 0. The minimum Gasteiger partial charge on any atom is -0.550 e. The predicted octanol–water partition coefficient (Wildman–Crippen LogP) is 2.80. The van der Waals surface area contributed by atoms with E-state index in [1.54, 1.807) is 0 Å². The lowest BCUT2D eigenvalue weighted by molar-refractivity contribution is -0.306. The second kappa shape index (κ2) is 7.77. The molecule has 1 amide bonds. The maximum absolute atomic E-state index is 12.7. The molecule has 2 rings (SSSR count). The smallest absolute Gasteiger partial charge is 0.228 e. The van der Waals surface area contributed by atoms with E-state index in [9.17, 15) is 14.7 Å². The van der Waals surface area contributed by atoms with Crippen molar-refractivity contribution < 1.29 is 14.7 Å². The molecule has 0 saturated carbocycles. The number of carboxylic acids is 1. The van der Waals surface area contributed by atoms with Crippen LogP contribution in [0.15, 0.2) is 48.5 Å². The summed E-state index contributed by atoms with van der Waals surface area (Å²) in [6.07, 6.45) is -0.313. The average Bonchev–Trinajstić information content (AvgIpc) is 2.56. The maximum Gasteiger partial charge on any atom is 0.228 e. The van der Waals surface area contributed by atoms with Gasteiger partial charge in [0.1, 0.15) is 0 Å². The molecule has 2 aromatic rings. The first-order chi connectivity index (χ1) is 11.4. The average molecular weight is 324 g/mol. The van der Waals surface area contributed by atoms with Gasteiger partial charge < -0.3 is 15.2 Å². The molecule has 2 aromatic carbocycles. The Morgan fingerprint density at radius 1 is 1.08 bits per heavy atom. The third-order valence-corrected chi connectivity index (χ3v) is 4.30. The van der Waals surface area contributed by atoms with Crippen LogP contribution in [0.25, 0.3) is 0 Å². The van der Waals surface area contributed by atoms with Gasteiger partial charge in [-0.2, -0.15) is 0 Å². The fourth-order valence-corrected chi connectivity index (χ4v) is 2.76. The van der Waals surface area contributed by atoms with Gasteiger partial charge in [0, 0.05) is 11.7 Å². The van der Waals surface area contributed by atoms with Gasteiger partial charge in [-0.15, -0.1) is 0 Å². The van der Waals surface area contributed by atoms with Crippen LogP contribution in [0.3, 0.4) is 0 Å². The fraction of sp³-hybridized carbons (Fsp3) is 0.300. The fourth-order valence-electron chi connectivity index (χ4n) is 2.76. The maximum atomic E-state index is 12.7. The third kappa shape index (κ3) is 4.44. The van der Waals surface area contributed by atoms with Crippen molar-refractivity contribution in [3.8, 4) is 0 Å². The highest BCUT2D eigenvalue weighted by Crippen LogP contribution is 2.28. The molecule has 1 N–H and O–H groups in total. The highest BCUT2D eigenvalue weighted by atomic mass is 16.4. The Hall–Kier alpha value is -2.62. The van der Waals surface area contributed by atoms with E-state index in [0.717, 1.165) is 16.7 Å². The van der Waals surface area contributed by atoms with Crippen molar-refractivity contribution in [2.24, 2.45) is 5.92 Å². The summed E-state index contributed by atoms with van der Waals surface area (Å²) in [5, 5.41) is 14.0. The number of aryl methyl sites for hydroxylation is 2. The van der Waals surface area contributed by atoms with Crippen LogP contribution in [-0.2, 0) is 9.59 Å². The van der Waals surface area contributed by atoms with Crippen molar-refractivity contribution >= 4 is 17.6 Å². The number of carboxylic acid groups (broad SMARTS) is 1.